The fourth-order valence-corrected chi connectivity index (χ4v) is 4.38. The number of rotatable bonds is 7. The summed E-state index contributed by atoms with van der Waals surface area (Å²) in [6, 6.07) is 20.5. The molecule has 6 heteroatoms. The lowest BCUT2D eigenvalue weighted by Crippen LogP contribution is -2.37. The van der Waals surface area contributed by atoms with Crippen molar-refractivity contribution in [3.05, 3.63) is 77.4 Å². The van der Waals surface area contributed by atoms with Gasteiger partial charge in [-0.15, -0.1) is 0 Å². The number of fused-ring (bicyclic) bond motifs is 1. The first kappa shape index (κ1) is 24.6. The molecule has 0 radical (unpaired) electrons. The van der Waals surface area contributed by atoms with Crippen LogP contribution >= 0.6 is 0 Å². The van der Waals surface area contributed by atoms with Crippen molar-refractivity contribution in [2.24, 2.45) is 0 Å². The summed E-state index contributed by atoms with van der Waals surface area (Å²) in [7, 11) is 1.95. The first-order valence-corrected chi connectivity index (χ1v) is 12.2. The van der Waals surface area contributed by atoms with E-state index in [9.17, 15) is 9.59 Å². The van der Waals surface area contributed by atoms with Crippen LogP contribution < -0.4 is 15.5 Å². The lowest BCUT2D eigenvalue weighted by atomic mass is 9.96. The molecule has 1 fully saturated rings. The second-order valence-electron chi connectivity index (χ2n) is 10.4. The van der Waals surface area contributed by atoms with Gasteiger partial charge in [0.15, 0.2) is 0 Å². The Balaban J connectivity index is 1.45. The number of aryl methyl sites for hydroxylation is 1. The molecule has 1 aliphatic carbocycles. The first-order valence-electron chi connectivity index (χ1n) is 12.2. The van der Waals surface area contributed by atoms with Crippen molar-refractivity contribution < 1.29 is 14.3 Å². The van der Waals surface area contributed by atoms with Crippen LogP contribution in [0.5, 0.6) is 0 Å². The second-order valence-corrected chi connectivity index (χ2v) is 10.4. The van der Waals surface area contributed by atoms with E-state index in [1.165, 1.54) is 16.3 Å². The smallest absolute Gasteiger partial charge is 0.407 e. The zero-order valence-electron chi connectivity index (χ0n) is 21.3. The number of likely N-dealkylation sites (N-methyl/N-ethyl adjacent to an activating group) is 1. The van der Waals surface area contributed by atoms with Crippen LogP contribution in [0.25, 0.3) is 10.8 Å². The number of hydrogen-bond acceptors (Lipinski definition) is 4. The predicted octanol–water partition coefficient (Wildman–Crippen LogP) is 5.53. The predicted molar refractivity (Wildman–Crippen MR) is 141 cm³/mol. The SMILES string of the molecule is Cc1ccc(N(C)CCNC(=O)OC(C)(C)C)cc1C(=O)NC1(c2cccc3ccccc23)CC1. The van der Waals surface area contributed by atoms with Gasteiger partial charge >= 0.3 is 6.09 Å². The van der Waals surface area contributed by atoms with Gasteiger partial charge < -0.3 is 20.3 Å². The second kappa shape index (κ2) is 9.61. The molecule has 2 amide bonds. The van der Waals surface area contributed by atoms with Crippen LogP contribution in [-0.2, 0) is 10.3 Å². The van der Waals surface area contributed by atoms with Gasteiger partial charge in [0.2, 0.25) is 0 Å². The van der Waals surface area contributed by atoms with Crippen molar-refractivity contribution in [3.8, 4) is 0 Å². The summed E-state index contributed by atoms with van der Waals surface area (Å²) in [4.78, 5) is 27.4. The van der Waals surface area contributed by atoms with Crippen LogP contribution in [0.1, 0.15) is 55.1 Å². The number of amides is 2. The molecule has 0 unspecified atom stereocenters. The molecule has 35 heavy (non-hydrogen) atoms. The Labute approximate surface area is 207 Å². The van der Waals surface area contributed by atoms with E-state index in [1.807, 2.05) is 70.0 Å². The maximum Gasteiger partial charge on any atom is 0.407 e. The highest BCUT2D eigenvalue weighted by Gasteiger charge is 2.46. The van der Waals surface area contributed by atoms with Crippen molar-refractivity contribution in [2.75, 3.05) is 25.0 Å². The highest BCUT2D eigenvalue weighted by atomic mass is 16.6. The molecule has 4 rings (SSSR count). The molecule has 1 saturated carbocycles. The van der Waals surface area contributed by atoms with E-state index >= 15 is 0 Å². The Hall–Kier alpha value is -3.54. The third kappa shape index (κ3) is 5.76. The van der Waals surface area contributed by atoms with Crippen molar-refractivity contribution >= 4 is 28.5 Å². The number of nitrogens with zero attached hydrogens (tertiary/aromatic N) is 1. The van der Waals surface area contributed by atoms with Gasteiger partial charge in [0.05, 0.1) is 5.54 Å². The maximum absolute atomic E-state index is 13.4. The van der Waals surface area contributed by atoms with Gasteiger partial charge in [0, 0.05) is 31.4 Å². The van der Waals surface area contributed by atoms with E-state index < -0.39 is 11.7 Å². The lowest BCUT2D eigenvalue weighted by Gasteiger charge is -2.24. The topological polar surface area (TPSA) is 70.7 Å². The molecule has 0 bridgehead atoms. The summed E-state index contributed by atoms with van der Waals surface area (Å²) < 4.78 is 5.29. The third-order valence-corrected chi connectivity index (χ3v) is 6.43. The maximum atomic E-state index is 13.4. The Kier molecular flexibility index (Phi) is 6.75. The molecule has 1 aliphatic rings. The number of carbonyl (C=O) groups excluding carboxylic acids is 2. The highest BCUT2D eigenvalue weighted by molar-refractivity contribution is 5.98. The summed E-state index contributed by atoms with van der Waals surface area (Å²) in [6.45, 7) is 8.49. The Morgan fingerprint density at radius 3 is 2.46 bits per heavy atom. The van der Waals surface area contributed by atoms with Crippen molar-refractivity contribution in [3.63, 3.8) is 0 Å². The Morgan fingerprint density at radius 1 is 1.03 bits per heavy atom. The molecular formula is C29H35N3O3. The van der Waals surface area contributed by atoms with E-state index in [-0.39, 0.29) is 11.4 Å². The van der Waals surface area contributed by atoms with Crippen LogP contribution in [0.15, 0.2) is 60.7 Å². The third-order valence-electron chi connectivity index (χ3n) is 6.43. The molecule has 0 aliphatic heterocycles. The van der Waals surface area contributed by atoms with Crippen LogP contribution in [0, 0.1) is 6.92 Å². The number of carbonyl (C=O) groups is 2. The highest BCUT2D eigenvalue weighted by Crippen LogP contribution is 2.48. The van der Waals surface area contributed by atoms with Crippen LogP contribution in [-0.4, -0.2) is 37.7 Å². The minimum Gasteiger partial charge on any atom is -0.444 e. The molecule has 3 aromatic rings. The van der Waals surface area contributed by atoms with Crippen molar-refractivity contribution in [1.82, 2.24) is 10.6 Å². The van der Waals surface area contributed by atoms with Gasteiger partial charge in [-0.25, -0.2) is 4.79 Å². The minimum absolute atomic E-state index is 0.0601. The van der Waals surface area contributed by atoms with E-state index in [2.05, 4.69) is 41.0 Å². The zero-order chi connectivity index (χ0) is 25.2. The van der Waals surface area contributed by atoms with Gasteiger partial charge in [-0.1, -0.05) is 48.5 Å². The van der Waals surface area contributed by atoms with Crippen LogP contribution in [0.3, 0.4) is 0 Å². The lowest BCUT2D eigenvalue weighted by molar-refractivity contribution is 0.0529. The summed E-state index contributed by atoms with van der Waals surface area (Å²) in [6.07, 6.45) is 1.43. The fourth-order valence-electron chi connectivity index (χ4n) is 4.38. The molecule has 6 nitrogen and oxygen atoms in total. The van der Waals surface area contributed by atoms with E-state index in [0.717, 1.165) is 24.1 Å². The molecule has 0 aromatic heterocycles. The molecule has 184 valence electrons. The molecule has 3 aromatic carbocycles. The Morgan fingerprint density at radius 2 is 1.74 bits per heavy atom. The standard InChI is InChI=1S/C29H35N3O3/c1-20-13-14-22(32(5)18-17-30-27(34)35-28(2,3)4)19-24(20)26(33)31-29(15-16-29)25-12-8-10-21-9-6-7-11-23(21)25/h6-14,19H,15-18H2,1-5H3,(H,30,34)(H,31,33). The summed E-state index contributed by atoms with van der Waals surface area (Å²) in [5, 5.41) is 8.50. The molecule has 0 saturated heterocycles. The van der Waals surface area contributed by atoms with Gasteiger partial charge in [-0.3, -0.25) is 4.79 Å². The van der Waals surface area contributed by atoms with Crippen molar-refractivity contribution in [2.45, 2.75) is 51.7 Å². The minimum atomic E-state index is -0.528. The molecule has 0 heterocycles. The van der Waals surface area contributed by atoms with E-state index in [1.54, 1.807) is 0 Å². The summed E-state index contributed by atoms with van der Waals surface area (Å²) in [5.41, 5.74) is 2.86. The molecule has 0 spiro atoms. The van der Waals surface area contributed by atoms with Gasteiger partial charge in [0.1, 0.15) is 5.60 Å². The van der Waals surface area contributed by atoms with E-state index in [4.69, 9.17) is 4.74 Å². The first-order chi connectivity index (χ1) is 16.6. The zero-order valence-corrected chi connectivity index (χ0v) is 21.3. The van der Waals surface area contributed by atoms with Gasteiger partial charge in [-0.2, -0.15) is 0 Å². The van der Waals surface area contributed by atoms with Crippen molar-refractivity contribution in [1.29, 1.82) is 0 Å². The normalized spacial score (nSPS) is 14.3. The monoisotopic (exact) mass is 473 g/mol. The number of alkyl carbamates (subject to hydrolysis) is 1. The van der Waals surface area contributed by atoms with Gasteiger partial charge in [0.25, 0.3) is 5.91 Å². The van der Waals surface area contributed by atoms with Crippen LogP contribution in [0.2, 0.25) is 0 Å². The number of hydrogen-bond donors (Lipinski definition) is 2. The van der Waals surface area contributed by atoms with E-state index in [0.29, 0.717) is 18.7 Å². The molecule has 0 atom stereocenters. The largest absolute Gasteiger partial charge is 0.444 e. The molecule has 2 N–H and O–H groups in total. The number of nitrogens with one attached hydrogen (secondary N) is 2. The average Bonchev–Trinajstić information content (AvgIpc) is 3.58. The fraction of sp³-hybridized carbons (Fsp3) is 0.379. The Bertz CT molecular complexity index is 1240. The average molecular weight is 474 g/mol. The number of ether oxygens (including phenoxy) is 1. The number of anilines is 1. The molecular weight excluding hydrogens is 438 g/mol. The summed E-state index contributed by atoms with van der Waals surface area (Å²) >= 11 is 0. The van der Waals surface area contributed by atoms with Crippen LogP contribution in [0.4, 0.5) is 10.5 Å². The van der Waals surface area contributed by atoms with Gasteiger partial charge in [-0.05, 0) is 74.6 Å². The number of benzene rings is 3. The summed E-state index contributed by atoms with van der Waals surface area (Å²) in [5.74, 6) is -0.0601. The quantitative estimate of drug-likeness (QED) is 0.473.